The van der Waals surface area contributed by atoms with Crippen molar-refractivity contribution in [2.75, 3.05) is 13.1 Å². The number of benzene rings is 1. The van der Waals surface area contributed by atoms with Gasteiger partial charge in [0.2, 0.25) is 5.91 Å². The molecule has 1 aliphatic heterocycles. The summed E-state index contributed by atoms with van der Waals surface area (Å²) in [7, 11) is 0. The average Bonchev–Trinajstić information content (AvgIpc) is 3.21. The fraction of sp³-hybridized carbons (Fsp3) is 0.533. The zero-order chi connectivity index (χ0) is 12.6. The number of alkyl halides is 1. The van der Waals surface area contributed by atoms with Crippen LogP contribution < -0.4 is 0 Å². The molecule has 3 rings (SSSR count). The lowest BCUT2D eigenvalue weighted by Crippen LogP contribution is -2.44. The molecular weight excluding hydrogens is 246 g/mol. The summed E-state index contributed by atoms with van der Waals surface area (Å²) in [6.45, 7) is 1.64. The summed E-state index contributed by atoms with van der Waals surface area (Å²) in [6, 6.07) is 10.2. The highest BCUT2D eigenvalue weighted by atomic mass is 35.5. The summed E-state index contributed by atoms with van der Waals surface area (Å²) in [4.78, 5) is 14.7. The van der Waals surface area contributed by atoms with Gasteiger partial charge in [-0.2, -0.15) is 0 Å². The van der Waals surface area contributed by atoms with Crippen LogP contribution in [0.2, 0.25) is 0 Å². The lowest BCUT2D eigenvalue weighted by molar-refractivity contribution is -0.134. The molecule has 1 aromatic rings. The predicted octanol–water partition coefficient (Wildman–Crippen LogP) is 2.95. The fourth-order valence-electron chi connectivity index (χ4n) is 2.86. The molecule has 96 valence electrons. The second-order valence-electron chi connectivity index (χ2n) is 5.41. The predicted molar refractivity (Wildman–Crippen MR) is 72.8 cm³/mol. The number of nitrogens with zero attached hydrogens (tertiary/aromatic N) is 1. The third-order valence-electron chi connectivity index (χ3n) is 4.20. The number of carbonyl (C=O) groups is 1. The van der Waals surface area contributed by atoms with E-state index in [0.29, 0.717) is 5.91 Å². The van der Waals surface area contributed by atoms with E-state index < -0.39 is 0 Å². The van der Waals surface area contributed by atoms with Crippen molar-refractivity contribution in [3.63, 3.8) is 0 Å². The highest BCUT2D eigenvalue weighted by molar-refractivity contribution is 6.20. The maximum atomic E-state index is 12.7. The van der Waals surface area contributed by atoms with Crippen molar-refractivity contribution in [1.29, 1.82) is 0 Å². The van der Waals surface area contributed by atoms with Crippen molar-refractivity contribution < 1.29 is 4.79 Å². The molecule has 0 radical (unpaired) electrons. The molecule has 18 heavy (non-hydrogen) atoms. The van der Waals surface area contributed by atoms with E-state index in [0.717, 1.165) is 38.8 Å². The van der Waals surface area contributed by atoms with Gasteiger partial charge in [0.1, 0.15) is 0 Å². The van der Waals surface area contributed by atoms with Crippen molar-refractivity contribution in [1.82, 2.24) is 4.90 Å². The van der Waals surface area contributed by atoms with Crippen LogP contribution in [0.15, 0.2) is 30.3 Å². The van der Waals surface area contributed by atoms with Crippen LogP contribution in [0.25, 0.3) is 0 Å². The number of hydrogen-bond acceptors (Lipinski definition) is 1. The summed E-state index contributed by atoms with van der Waals surface area (Å²) >= 11 is 6.10. The summed E-state index contributed by atoms with van der Waals surface area (Å²) in [6.07, 6.45) is 3.85. The fourth-order valence-corrected chi connectivity index (χ4v) is 3.06. The normalized spacial score (nSPS) is 22.8. The lowest BCUT2D eigenvalue weighted by Gasteiger charge is -2.32. The molecule has 0 N–H and O–H groups in total. The van der Waals surface area contributed by atoms with Crippen LogP contribution in [0.4, 0.5) is 0 Å². The summed E-state index contributed by atoms with van der Waals surface area (Å²) in [5.74, 6) is 0.317. The average molecular weight is 264 g/mol. The Kier molecular flexibility index (Phi) is 3.06. The number of carbonyl (C=O) groups excluding carboxylic acids is 1. The van der Waals surface area contributed by atoms with Gasteiger partial charge in [-0.05, 0) is 31.2 Å². The van der Waals surface area contributed by atoms with Gasteiger partial charge in [-0.3, -0.25) is 4.79 Å². The van der Waals surface area contributed by atoms with Crippen molar-refractivity contribution in [3.8, 4) is 0 Å². The first-order chi connectivity index (χ1) is 8.72. The summed E-state index contributed by atoms with van der Waals surface area (Å²) < 4.78 is 0. The minimum absolute atomic E-state index is 0.208. The van der Waals surface area contributed by atoms with Gasteiger partial charge in [0.25, 0.3) is 0 Å². The van der Waals surface area contributed by atoms with Gasteiger partial charge in [-0.15, -0.1) is 11.6 Å². The third kappa shape index (κ3) is 2.03. The maximum Gasteiger partial charge on any atom is 0.233 e. The van der Waals surface area contributed by atoms with Gasteiger partial charge in [0.05, 0.1) is 5.41 Å². The third-order valence-corrected chi connectivity index (χ3v) is 4.63. The Morgan fingerprint density at radius 2 is 1.78 bits per heavy atom. The van der Waals surface area contributed by atoms with Crippen LogP contribution in [0.1, 0.15) is 31.2 Å². The van der Waals surface area contributed by atoms with E-state index in [1.165, 1.54) is 5.56 Å². The van der Waals surface area contributed by atoms with Crippen molar-refractivity contribution in [2.45, 2.75) is 36.5 Å². The number of halogens is 1. The number of likely N-dealkylation sites (tertiary alicyclic amines) is 1. The highest BCUT2D eigenvalue weighted by Crippen LogP contribution is 2.49. The number of amides is 1. The summed E-state index contributed by atoms with van der Waals surface area (Å²) in [5, 5.41) is 0.251. The monoisotopic (exact) mass is 263 g/mol. The van der Waals surface area contributed by atoms with Crippen LogP contribution in [-0.4, -0.2) is 29.3 Å². The van der Waals surface area contributed by atoms with Gasteiger partial charge in [-0.25, -0.2) is 0 Å². The second-order valence-corrected chi connectivity index (χ2v) is 6.03. The highest BCUT2D eigenvalue weighted by Gasteiger charge is 2.53. The van der Waals surface area contributed by atoms with Gasteiger partial charge in [0.15, 0.2) is 0 Å². The lowest BCUT2D eigenvalue weighted by atomic mass is 9.93. The van der Waals surface area contributed by atoms with Gasteiger partial charge in [0, 0.05) is 18.5 Å². The van der Waals surface area contributed by atoms with E-state index in [2.05, 4.69) is 12.1 Å². The molecule has 0 unspecified atom stereocenters. The first-order valence-electron chi connectivity index (χ1n) is 6.71. The minimum atomic E-state index is -0.208. The van der Waals surface area contributed by atoms with Crippen LogP contribution in [0, 0.1) is 0 Å². The molecule has 1 aromatic carbocycles. The molecular formula is C15H18ClNO. The molecule has 0 spiro atoms. The van der Waals surface area contributed by atoms with Crippen LogP contribution in [-0.2, 0) is 10.2 Å². The SMILES string of the molecule is O=C(N1CCC(Cl)CC1)C1(c2ccccc2)CC1. The smallest absolute Gasteiger partial charge is 0.233 e. The van der Waals surface area contributed by atoms with E-state index in [4.69, 9.17) is 11.6 Å². The Balaban J connectivity index is 1.77. The van der Waals surface area contributed by atoms with Gasteiger partial charge in [-0.1, -0.05) is 30.3 Å². The Morgan fingerprint density at radius 3 is 2.33 bits per heavy atom. The molecule has 2 fully saturated rings. The van der Waals surface area contributed by atoms with Gasteiger partial charge >= 0.3 is 0 Å². The number of hydrogen-bond donors (Lipinski definition) is 0. The van der Waals surface area contributed by atoms with E-state index in [9.17, 15) is 4.79 Å². The maximum absolute atomic E-state index is 12.7. The zero-order valence-corrected chi connectivity index (χ0v) is 11.2. The molecule has 1 saturated heterocycles. The Labute approximate surface area is 113 Å². The van der Waals surface area contributed by atoms with E-state index in [-0.39, 0.29) is 10.8 Å². The van der Waals surface area contributed by atoms with Gasteiger partial charge < -0.3 is 4.90 Å². The topological polar surface area (TPSA) is 20.3 Å². The molecule has 0 atom stereocenters. The minimum Gasteiger partial charge on any atom is -0.342 e. The molecule has 0 bridgehead atoms. The van der Waals surface area contributed by atoms with E-state index in [1.807, 2.05) is 23.1 Å². The van der Waals surface area contributed by atoms with Crippen molar-refractivity contribution >= 4 is 17.5 Å². The molecule has 1 amide bonds. The molecule has 1 aliphatic carbocycles. The first kappa shape index (κ1) is 12.0. The van der Waals surface area contributed by atoms with E-state index >= 15 is 0 Å². The van der Waals surface area contributed by atoms with Crippen molar-refractivity contribution in [3.05, 3.63) is 35.9 Å². The standard InChI is InChI=1S/C15H18ClNO/c16-13-6-10-17(11-7-13)14(18)15(8-9-15)12-4-2-1-3-5-12/h1-5,13H,6-11H2. The van der Waals surface area contributed by atoms with Crippen LogP contribution >= 0.6 is 11.6 Å². The molecule has 3 heteroatoms. The van der Waals surface area contributed by atoms with Crippen LogP contribution in [0.3, 0.4) is 0 Å². The Hall–Kier alpha value is -1.02. The molecule has 1 saturated carbocycles. The molecule has 1 heterocycles. The molecule has 0 aromatic heterocycles. The van der Waals surface area contributed by atoms with E-state index in [1.54, 1.807) is 0 Å². The number of piperidine rings is 1. The zero-order valence-electron chi connectivity index (χ0n) is 10.4. The largest absolute Gasteiger partial charge is 0.342 e. The Bertz CT molecular complexity index is 433. The summed E-state index contributed by atoms with van der Waals surface area (Å²) in [5.41, 5.74) is 0.975. The Morgan fingerprint density at radius 1 is 1.17 bits per heavy atom. The quantitative estimate of drug-likeness (QED) is 0.752. The van der Waals surface area contributed by atoms with Crippen molar-refractivity contribution in [2.24, 2.45) is 0 Å². The molecule has 2 nitrogen and oxygen atoms in total. The first-order valence-corrected chi connectivity index (χ1v) is 7.15. The van der Waals surface area contributed by atoms with Crippen LogP contribution in [0.5, 0.6) is 0 Å². The molecule has 2 aliphatic rings. The second kappa shape index (κ2) is 4.58. The number of rotatable bonds is 2.